The summed E-state index contributed by atoms with van der Waals surface area (Å²) >= 11 is 0. The molecule has 6 nitrogen and oxygen atoms in total. The molecule has 0 aromatic carbocycles. The van der Waals surface area contributed by atoms with Crippen LogP contribution in [0.3, 0.4) is 0 Å². The minimum Gasteiger partial charge on any atom is -0.466 e. The summed E-state index contributed by atoms with van der Waals surface area (Å²) in [6.07, 6.45) is 8.45. The largest absolute Gasteiger partial charge is 0.466 e. The van der Waals surface area contributed by atoms with Gasteiger partial charge in [0.25, 0.3) is 0 Å². The number of hydrogen-bond donors (Lipinski definition) is 3. The van der Waals surface area contributed by atoms with Crippen LogP contribution in [0, 0.1) is 0 Å². The van der Waals surface area contributed by atoms with Crippen LogP contribution in [-0.4, -0.2) is 37.7 Å². The number of carbonyl (C=O) groups excluding carboxylic acids is 2. The number of ether oxygens (including phenoxy) is 1. The Morgan fingerprint density at radius 2 is 2.27 bits per heavy atom. The SMILES string of the molecule is CCOC(=O)CC(=O)NCCCC1=CC=C2CCCNC2N1. The number of rotatable bonds is 7. The third kappa shape index (κ3) is 5.18. The highest BCUT2D eigenvalue weighted by molar-refractivity contribution is 5.94. The maximum atomic E-state index is 11.5. The van der Waals surface area contributed by atoms with E-state index in [4.69, 9.17) is 4.74 Å². The average molecular weight is 307 g/mol. The molecule has 122 valence electrons. The smallest absolute Gasteiger partial charge is 0.315 e. The predicted molar refractivity (Wildman–Crippen MR) is 83.8 cm³/mol. The van der Waals surface area contributed by atoms with Gasteiger partial charge in [-0.05, 0) is 50.8 Å². The zero-order valence-corrected chi connectivity index (χ0v) is 13.1. The van der Waals surface area contributed by atoms with Gasteiger partial charge in [-0.2, -0.15) is 0 Å². The zero-order valence-electron chi connectivity index (χ0n) is 13.1. The highest BCUT2D eigenvalue weighted by atomic mass is 16.5. The second kappa shape index (κ2) is 8.58. The average Bonchev–Trinajstić information content (AvgIpc) is 2.51. The van der Waals surface area contributed by atoms with Gasteiger partial charge in [0.1, 0.15) is 6.42 Å². The minimum atomic E-state index is -0.474. The highest BCUT2D eigenvalue weighted by Crippen LogP contribution is 2.19. The molecular weight excluding hydrogens is 282 g/mol. The summed E-state index contributed by atoms with van der Waals surface area (Å²) in [5.74, 6) is -0.752. The first-order chi connectivity index (χ1) is 10.7. The molecule has 6 heteroatoms. The van der Waals surface area contributed by atoms with Crippen LogP contribution in [0.5, 0.6) is 0 Å². The summed E-state index contributed by atoms with van der Waals surface area (Å²) in [5.41, 5.74) is 2.60. The Hall–Kier alpha value is -1.82. The summed E-state index contributed by atoms with van der Waals surface area (Å²) in [7, 11) is 0. The molecule has 0 aliphatic carbocycles. The fourth-order valence-corrected chi connectivity index (χ4v) is 2.65. The molecule has 2 aliphatic rings. The van der Waals surface area contributed by atoms with Crippen molar-refractivity contribution in [2.75, 3.05) is 19.7 Å². The summed E-state index contributed by atoms with van der Waals surface area (Å²) in [4.78, 5) is 22.7. The molecule has 2 heterocycles. The van der Waals surface area contributed by atoms with E-state index in [1.165, 1.54) is 17.7 Å². The van der Waals surface area contributed by atoms with E-state index in [0.29, 0.717) is 13.2 Å². The van der Waals surface area contributed by atoms with Gasteiger partial charge in [-0.15, -0.1) is 0 Å². The Bertz CT molecular complexity index is 471. The maximum absolute atomic E-state index is 11.5. The summed E-state index contributed by atoms with van der Waals surface area (Å²) in [5, 5.41) is 9.68. The lowest BCUT2D eigenvalue weighted by molar-refractivity contribution is -0.145. The van der Waals surface area contributed by atoms with Crippen LogP contribution in [0.2, 0.25) is 0 Å². The third-order valence-electron chi connectivity index (χ3n) is 3.75. The molecule has 2 aliphatic heterocycles. The van der Waals surface area contributed by atoms with Crippen LogP contribution < -0.4 is 16.0 Å². The fraction of sp³-hybridized carbons (Fsp3) is 0.625. The standard InChI is InChI=1S/C16H25N3O3/c1-2-22-15(21)11-14(20)17-9-4-6-13-8-7-12-5-3-10-18-16(12)19-13/h7-8,16,18-19H,2-6,9-11H2,1H3,(H,17,20). The van der Waals surface area contributed by atoms with Crippen LogP contribution >= 0.6 is 0 Å². The number of dihydropyridines is 1. The van der Waals surface area contributed by atoms with Gasteiger partial charge in [0.2, 0.25) is 5.91 Å². The number of carbonyl (C=O) groups is 2. The van der Waals surface area contributed by atoms with Crippen LogP contribution in [-0.2, 0) is 14.3 Å². The summed E-state index contributed by atoms with van der Waals surface area (Å²) in [6.45, 7) is 3.64. The van der Waals surface area contributed by atoms with Gasteiger partial charge in [0.15, 0.2) is 0 Å². The van der Waals surface area contributed by atoms with E-state index in [9.17, 15) is 9.59 Å². The number of nitrogens with one attached hydrogen (secondary N) is 3. The van der Waals surface area contributed by atoms with E-state index in [-0.39, 0.29) is 18.5 Å². The maximum Gasteiger partial charge on any atom is 0.315 e. The van der Waals surface area contributed by atoms with Crippen molar-refractivity contribution in [2.24, 2.45) is 0 Å². The van der Waals surface area contributed by atoms with Crippen molar-refractivity contribution < 1.29 is 14.3 Å². The van der Waals surface area contributed by atoms with Crippen molar-refractivity contribution in [1.82, 2.24) is 16.0 Å². The molecule has 2 rings (SSSR count). The van der Waals surface area contributed by atoms with E-state index < -0.39 is 5.97 Å². The van der Waals surface area contributed by atoms with Crippen molar-refractivity contribution in [1.29, 1.82) is 0 Å². The molecule has 3 N–H and O–H groups in total. The second-order valence-electron chi connectivity index (χ2n) is 5.50. The van der Waals surface area contributed by atoms with Crippen molar-refractivity contribution in [2.45, 2.75) is 45.2 Å². The van der Waals surface area contributed by atoms with Gasteiger partial charge in [0.05, 0.1) is 12.8 Å². The van der Waals surface area contributed by atoms with Crippen molar-refractivity contribution >= 4 is 11.9 Å². The molecule has 1 saturated heterocycles. The van der Waals surface area contributed by atoms with E-state index in [2.05, 4.69) is 28.1 Å². The monoisotopic (exact) mass is 307 g/mol. The topological polar surface area (TPSA) is 79.5 Å². The van der Waals surface area contributed by atoms with Gasteiger partial charge in [-0.1, -0.05) is 6.08 Å². The van der Waals surface area contributed by atoms with Crippen molar-refractivity contribution in [3.63, 3.8) is 0 Å². The van der Waals surface area contributed by atoms with Gasteiger partial charge >= 0.3 is 5.97 Å². The molecule has 0 spiro atoms. The Morgan fingerprint density at radius 1 is 1.41 bits per heavy atom. The molecule has 1 amide bonds. The number of allylic oxidation sites excluding steroid dienone is 3. The zero-order chi connectivity index (χ0) is 15.8. The van der Waals surface area contributed by atoms with Crippen molar-refractivity contribution in [3.8, 4) is 0 Å². The molecule has 0 bridgehead atoms. The number of hydrogen-bond acceptors (Lipinski definition) is 5. The summed E-state index contributed by atoms with van der Waals surface area (Å²) in [6, 6.07) is 0. The Labute approximate surface area is 131 Å². The molecule has 0 aromatic heterocycles. The van der Waals surface area contributed by atoms with Gasteiger partial charge in [-0.3, -0.25) is 14.9 Å². The quantitative estimate of drug-likeness (QED) is 0.371. The Kier molecular flexibility index (Phi) is 6.45. The number of amides is 1. The normalized spacial score (nSPS) is 20.1. The first kappa shape index (κ1) is 16.5. The predicted octanol–water partition coefficient (Wildman–Crippen LogP) is 0.959. The second-order valence-corrected chi connectivity index (χ2v) is 5.50. The summed E-state index contributed by atoms with van der Waals surface area (Å²) < 4.78 is 4.73. The highest BCUT2D eigenvalue weighted by Gasteiger charge is 2.20. The molecular formula is C16H25N3O3. The Morgan fingerprint density at radius 3 is 3.09 bits per heavy atom. The number of piperidine rings is 1. The number of esters is 1. The van der Waals surface area contributed by atoms with Gasteiger partial charge in [-0.25, -0.2) is 0 Å². The molecule has 1 atom stereocenters. The third-order valence-corrected chi connectivity index (χ3v) is 3.75. The van der Waals surface area contributed by atoms with Crippen molar-refractivity contribution in [3.05, 3.63) is 23.4 Å². The minimum absolute atomic E-state index is 0.202. The van der Waals surface area contributed by atoms with Crippen LogP contribution in [0.25, 0.3) is 0 Å². The van der Waals surface area contributed by atoms with Gasteiger partial charge < -0.3 is 15.4 Å². The molecule has 1 fully saturated rings. The lowest BCUT2D eigenvalue weighted by atomic mass is 9.99. The lowest BCUT2D eigenvalue weighted by Crippen LogP contribution is -2.47. The number of fused-ring (bicyclic) bond motifs is 1. The first-order valence-corrected chi connectivity index (χ1v) is 8.01. The van der Waals surface area contributed by atoms with E-state index in [0.717, 1.165) is 25.8 Å². The van der Waals surface area contributed by atoms with E-state index >= 15 is 0 Å². The molecule has 0 aromatic rings. The first-order valence-electron chi connectivity index (χ1n) is 8.01. The Balaban J connectivity index is 1.63. The van der Waals surface area contributed by atoms with E-state index in [1.54, 1.807) is 6.92 Å². The fourth-order valence-electron chi connectivity index (χ4n) is 2.65. The lowest BCUT2D eigenvalue weighted by Gasteiger charge is -2.32. The molecule has 22 heavy (non-hydrogen) atoms. The van der Waals surface area contributed by atoms with Crippen LogP contribution in [0.4, 0.5) is 0 Å². The van der Waals surface area contributed by atoms with Gasteiger partial charge in [0, 0.05) is 12.2 Å². The molecule has 0 radical (unpaired) electrons. The molecule has 1 unspecified atom stereocenters. The van der Waals surface area contributed by atoms with E-state index in [1.807, 2.05) is 0 Å². The van der Waals surface area contributed by atoms with Crippen LogP contribution in [0.1, 0.15) is 39.0 Å². The molecule has 0 saturated carbocycles. The van der Waals surface area contributed by atoms with Crippen LogP contribution in [0.15, 0.2) is 23.4 Å².